The molecule has 0 bridgehead atoms. The van der Waals surface area contributed by atoms with Gasteiger partial charge < -0.3 is 14.4 Å². The number of carbonyl (C=O) groups excluding carboxylic acids is 1. The van der Waals surface area contributed by atoms with Crippen molar-refractivity contribution in [1.29, 1.82) is 0 Å². The monoisotopic (exact) mass is 546 g/mol. The van der Waals surface area contributed by atoms with Gasteiger partial charge in [0.2, 0.25) is 10.0 Å². The zero-order valence-electron chi connectivity index (χ0n) is 21.9. The van der Waals surface area contributed by atoms with E-state index in [-0.39, 0.29) is 10.8 Å². The Kier molecular flexibility index (Phi) is 8.37. The van der Waals surface area contributed by atoms with Crippen LogP contribution in [0.1, 0.15) is 30.1 Å². The molecule has 0 N–H and O–H groups in total. The van der Waals surface area contributed by atoms with E-state index in [9.17, 15) is 13.2 Å². The zero-order valence-corrected chi connectivity index (χ0v) is 23.6. The summed E-state index contributed by atoms with van der Waals surface area (Å²) in [5.41, 5.74) is 1.11. The van der Waals surface area contributed by atoms with Gasteiger partial charge in [0.05, 0.1) is 29.3 Å². The van der Waals surface area contributed by atoms with Crippen LogP contribution in [0.25, 0.3) is 10.2 Å². The number of likely N-dealkylation sites (N-methyl/N-ethyl adjacent to an activating group) is 1. The molecule has 9 nitrogen and oxygen atoms in total. The summed E-state index contributed by atoms with van der Waals surface area (Å²) in [6, 6.07) is 9.88. The first-order chi connectivity index (χ1) is 17.6. The van der Waals surface area contributed by atoms with Crippen LogP contribution in [-0.2, 0) is 10.0 Å². The highest BCUT2D eigenvalue weighted by molar-refractivity contribution is 7.89. The molecule has 0 aliphatic carbocycles. The number of piperidine rings is 1. The maximum Gasteiger partial charge on any atom is 0.260 e. The normalized spacial score (nSPS) is 16.8. The van der Waals surface area contributed by atoms with Crippen molar-refractivity contribution in [3.63, 3.8) is 0 Å². The van der Waals surface area contributed by atoms with Gasteiger partial charge in [-0.2, -0.15) is 4.31 Å². The Balaban J connectivity index is 1.63. The maximum atomic E-state index is 13.7. The van der Waals surface area contributed by atoms with Crippen LogP contribution >= 0.6 is 11.3 Å². The Labute approximate surface area is 222 Å². The number of benzene rings is 2. The van der Waals surface area contributed by atoms with Crippen molar-refractivity contribution in [2.75, 3.05) is 59.4 Å². The summed E-state index contributed by atoms with van der Waals surface area (Å²) in [6.07, 6.45) is 1.89. The van der Waals surface area contributed by atoms with Crippen LogP contribution < -0.4 is 14.4 Å². The van der Waals surface area contributed by atoms with E-state index in [1.165, 1.54) is 23.5 Å². The predicted octanol–water partition coefficient (Wildman–Crippen LogP) is 3.94. The van der Waals surface area contributed by atoms with E-state index >= 15 is 0 Å². The minimum atomic E-state index is -3.59. The van der Waals surface area contributed by atoms with Gasteiger partial charge in [0.15, 0.2) is 16.6 Å². The number of fused-ring (bicyclic) bond motifs is 1. The minimum Gasteiger partial charge on any atom is -0.493 e. The van der Waals surface area contributed by atoms with Gasteiger partial charge in [0.25, 0.3) is 5.91 Å². The summed E-state index contributed by atoms with van der Waals surface area (Å²) in [5, 5.41) is 0.552. The van der Waals surface area contributed by atoms with Gasteiger partial charge in [0, 0.05) is 43.9 Å². The van der Waals surface area contributed by atoms with E-state index in [1.807, 2.05) is 25.1 Å². The molecule has 0 saturated carbocycles. The van der Waals surface area contributed by atoms with E-state index in [1.54, 1.807) is 41.6 Å². The minimum absolute atomic E-state index is 0.206. The molecule has 0 spiro atoms. The van der Waals surface area contributed by atoms with Crippen molar-refractivity contribution < 1.29 is 22.7 Å². The number of rotatable bonds is 9. The fourth-order valence-corrected chi connectivity index (χ4v) is 6.98. The molecular formula is C26H34N4O5S2. The first-order valence-corrected chi connectivity index (χ1v) is 14.5. The van der Waals surface area contributed by atoms with Crippen LogP contribution in [0.2, 0.25) is 0 Å². The topological polar surface area (TPSA) is 92.3 Å². The second-order valence-corrected chi connectivity index (χ2v) is 12.5. The average Bonchev–Trinajstić information content (AvgIpc) is 3.30. The molecule has 1 fully saturated rings. The molecule has 3 aromatic rings. The largest absolute Gasteiger partial charge is 0.493 e. The van der Waals surface area contributed by atoms with E-state index in [2.05, 4.69) is 6.92 Å². The molecule has 1 unspecified atom stereocenters. The van der Waals surface area contributed by atoms with Crippen molar-refractivity contribution in [1.82, 2.24) is 14.2 Å². The molecule has 1 saturated heterocycles. The van der Waals surface area contributed by atoms with E-state index in [0.717, 1.165) is 17.5 Å². The molecule has 1 aliphatic heterocycles. The van der Waals surface area contributed by atoms with Crippen LogP contribution in [0, 0.1) is 5.92 Å². The molecular weight excluding hydrogens is 512 g/mol. The molecule has 2 aromatic carbocycles. The maximum absolute atomic E-state index is 13.7. The first-order valence-electron chi connectivity index (χ1n) is 12.2. The Morgan fingerprint density at radius 3 is 2.41 bits per heavy atom. The number of thiazole rings is 1. The number of ether oxygens (including phenoxy) is 2. The summed E-state index contributed by atoms with van der Waals surface area (Å²) >= 11 is 1.39. The highest BCUT2D eigenvalue weighted by atomic mass is 32.2. The number of hydrogen-bond acceptors (Lipinski definition) is 8. The molecule has 0 radical (unpaired) electrons. The van der Waals surface area contributed by atoms with Gasteiger partial charge in [0.1, 0.15) is 0 Å². The Morgan fingerprint density at radius 1 is 1.11 bits per heavy atom. The second-order valence-electron chi connectivity index (χ2n) is 9.57. The smallest absolute Gasteiger partial charge is 0.260 e. The van der Waals surface area contributed by atoms with Crippen LogP contribution in [0.5, 0.6) is 11.5 Å². The summed E-state index contributed by atoms with van der Waals surface area (Å²) in [6.45, 7) is 4.17. The highest BCUT2D eigenvalue weighted by Crippen LogP contribution is 2.37. The standard InChI is InChI=1S/C26H34N4O5S2/c1-18-7-6-12-29(17-18)37(32,33)20-10-8-19(9-11-20)25(31)30(14-13-28(2)3)26-27-21-15-22(34-4)23(35-5)16-24(21)36-26/h8-11,15-16,18H,6-7,12-14,17H2,1-5H3. The lowest BCUT2D eigenvalue weighted by Gasteiger charge is -2.30. The van der Waals surface area contributed by atoms with Gasteiger partial charge in [-0.05, 0) is 57.1 Å². The van der Waals surface area contributed by atoms with Gasteiger partial charge in [-0.15, -0.1) is 0 Å². The fraction of sp³-hybridized carbons (Fsp3) is 0.462. The van der Waals surface area contributed by atoms with Gasteiger partial charge in [-0.25, -0.2) is 13.4 Å². The lowest BCUT2D eigenvalue weighted by atomic mass is 10.0. The van der Waals surface area contributed by atoms with Crippen LogP contribution in [0.4, 0.5) is 5.13 Å². The Hall–Kier alpha value is -2.73. The van der Waals surface area contributed by atoms with Crippen molar-refractivity contribution in [2.24, 2.45) is 5.92 Å². The van der Waals surface area contributed by atoms with Crippen LogP contribution in [0.15, 0.2) is 41.3 Å². The number of methoxy groups -OCH3 is 2. The summed E-state index contributed by atoms with van der Waals surface area (Å²) in [4.78, 5) is 22.2. The van der Waals surface area contributed by atoms with Gasteiger partial charge >= 0.3 is 0 Å². The number of hydrogen-bond donors (Lipinski definition) is 0. The fourth-order valence-electron chi connectivity index (χ4n) is 4.38. The van der Waals surface area contributed by atoms with Gasteiger partial charge in [-0.1, -0.05) is 18.3 Å². The molecule has 11 heteroatoms. The van der Waals surface area contributed by atoms with E-state index < -0.39 is 10.0 Å². The SMILES string of the molecule is COc1cc2nc(N(CCN(C)C)C(=O)c3ccc(S(=O)(=O)N4CCCC(C)C4)cc3)sc2cc1OC. The highest BCUT2D eigenvalue weighted by Gasteiger charge is 2.29. The second kappa shape index (κ2) is 11.3. The first kappa shape index (κ1) is 27.3. The van der Waals surface area contributed by atoms with E-state index in [0.29, 0.717) is 59.8 Å². The van der Waals surface area contributed by atoms with Crippen molar-refractivity contribution in [2.45, 2.75) is 24.7 Å². The Bertz CT molecular complexity index is 1310. The number of amides is 1. The number of anilines is 1. The van der Waals surface area contributed by atoms with Crippen molar-refractivity contribution in [3.8, 4) is 11.5 Å². The summed E-state index contributed by atoms with van der Waals surface area (Å²) < 4.78 is 39.5. The lowest BCUT2D eigenvalue weighted by molar-refractivity contribution is 0.0985. The molecule has 1 amide bonds. The molecule has 200 valence electrons. The predicted molar refractivity (Wildman–Crippen MR) is 147 cm³/mol. The quantitative estimate of drug-likeness (QED) is 0.401. The lowest BCUT2D eigenvalue weighted by Crippen LogP contribution is -2.39. The third-order valence-corrected chi connectivity index (χ3v) is 9.41. The van der Waals surface area contributed by atoms with E-state index in [4.69, 9.17) is 14.5 Å². The molecule has 1 atom stereocenters. The summed E-state index contributed by atoms with van der Waals surface area (Å²) in [7, 11) is 3.44. The molecule has 1 aromatic heterocycles. The number of sulfonamides is 1. The average molecular weight is 547 g/mol. The number of nitrogens with zero attached hydrogens (tertiary/aromatic N) is 4. The zero-order chi connectivity index (χ0) is 26.7. The van der Waals surface area contributed by atoms with Crippen LogP contribution in [-0.4, -0.2) is 83.0 Å². The Morgan fingerprint density at radius 2 is 1.78 bits per heavy atom. The number of aromatic nitrogens is 1. The third kappa shape index (κ3) is 5.90. The third-order valence-electron chi connectivity index (χ3n) is 6.49. The molecule has 37 heavy (non-hydrogen) atoms. The van der Waals surface area contributed by atoms with Crippen molar-refractivity contribution >= 4 is 42.6 Å². The molecule has 4 rings (SSSR count). The number of carbonyl (C=O) groups is 1. The summed E-state index contributed by atoms with van der Waals surface area (Å²) in [5.74, 6) is 1.26. The molecule has 1 aliphatic rings. The van der Waals surface area contributed by atoms with Crippen molar-refractivity contribution in [3.05, 3.63) is 42.0 Å². The van der Waals surface area contributed by atoms with Gasteiger partial charge in [-0.3, -0.25) is 9.69 Å². The van der Waals surface area contributed by atoms with Crippen LogP contribution in [0.3, 0.4) is 0 Å². The molecule has 2 heterocycles.